The molecule has 0 radical (unpaired) electrons. The van der Waals surface area contributed by atoms with Gasteiger partial charge in [0.2, 0.25) is 0 Å². The first-order chi connectivity index (χ1) is 12.0. The smallest absolute Gasteiger partial charge is 0.119 e. The molecule has 2 nitrogen and oxygen atoms in total. The molecule has 0 aromatic heterocycles. The molecule has 0 bridgehead atoms. The molecule has 0 atom stereocenters. The van der Waals surface area contributed by atoms with Gasteiger partial charge in [0.15, 0.2) is 0 Å². The number of allylic oxidation sites excluding steroid dienone is 2. The summed E-state index contributed by atoms with van der Waals surface area (Å²) >= 11 is 1.66. The summed E-state index contributed by atoms with van der Waals surface area (Å²) in [5.74, 6) is 0.626. The number of phenols is 2. The van der Waals surface area contributed by atoms with Crippen LogP contribution in [0.3, 0.4) is 0 Å². The van der Waals surface area contributed by atoms with E-state index in [0.717, 1.165) is 44.9 Å². The predicted octanol–water partition coefficient (Wildman–Crippen LogP) is 6.71. The van der Waals surface area contributed by atoms with E-state index in [1.807, 2.05) is 26.0 Å². The van der Waals surface area contributed by atoms with Gasteiger partial charge in [0.1, 0.15) is 11.5 Å². The predicted molar refractivity (Wildman–Crippen MR) is 108 cm³/mol. The van der Waals surface area contributed by atoms with Crippen LogP contribution in [-0.4, -0.2) is 10.2 Å². The molecule has 2 aromatic carbocycles. The van der Waals surface area contributed by atoms with Crippen molar-refractivity contribution < 1.29 is 10.2 Å². The molecule has 3 heteroatoms. The van der Waals surface area contributed by atoms with E-state index < -0.39 is 0 Å². The maximum atomic E-state index is 10.1. The van der Waals surface area contributed by atoms with Crippen LogP contribution in [0.1, 0.15) is 48.9 Å². The number of aromatic hydroxyl groups is 2. The van der Waals surface area contributed by atoms with E-state index in [1.54, 1.807) is 23.9 Å². The fourth-order valence-electron chi connectivity index (χ4n) is 2.57. The second kappa shape index (κ2) is 8.82. The third-order valence-corrected chi connectivity index (χ3v) is 5.30. The quantitative estimate of drug-likeness (QED) is 0.605. The summed E-state index contributed by atoms with van der Waals surface area (Å²) < 4.78 is 0. The Morgan fingerprint density at radius 2 is 1.16 bits per heavy atom. The lowest BCUT2D eigenvalue weighted by molar-refractivity contribution is 0.470. The highest BCUT2D eigenvalue weighted by Crippen LogP contribution is 2.40. The van der Waals surface area contributed by atoms with Gasteiger partial charge in [-0.2, -0.15) is 0 Å². The molecular formula is C22H26O2S. The van der Waals surface area contributed by atoms with Crippen molar-refractivity contribution in [2.75, 3.05) is 0 Å². The summed E-state index contributed by atoms with van der Waals surface area (Å²) in [4.78, 5) is 2.19. The molecule has 2 N–H and O–H groups in total. The summed E-state index contributed by atoms with van der Waals surface area (Å²) in [5.41, 5.74) is 3.86. The van der Waals surface area contributed by atoms with E-state index >= 15 is 0 Å². The van der Waals surface area contributed by atoms with Gasteiger partial charge in [-0.3, -0.25) is 0 Å². The largest absolute Gasteiger partial charge is 0.508 e. The molecule has 0 unspecified atom stereocenters. The monoisotopic (exact) mass is 354 g/mol. The van der Waals surface area contributed by atoms with Crippen molar-refractivity contribution in [3.63, 3.8) is 0 Å². The molecule has 0 saturated heterocycles. The minimum Gasteiger partial charge on any atom is -0.508 e. The lowest BCUT2D eigenvalue weighted by atomic mass is 10.1. The van der Waals surface area contributed by atoms with E-state index in [-0.39, 0.29) is 0 Å². The average molecular weight is 355 g/mol. The molecule has 132 valence electrons. The van der Waals surface area contributed by atoms with Crippen molar-refractivity contribution in [2.45, 2.75) is 50.3 Å². The highest BCUT2D eigenvalue weighted by atomic mass is 32.2. The van der Waals surface area contributed by atoms with Crippen molar-refractivity contribution in [3.05, 3.63) is 58.7 Å². The zero-order valence-corrected chi connectivity index (χ0v) is 16.2. The molecule has 0 aliphatic heterocycles. The van der Waals surface area contributed by atoms with Gasteiger partial charge in [-0.05, 0) is 73.2 Å². The lowest BCUT2D eigenvalue weighted by Gasteiger charge is -2.14. The van der Waals surface area contributed by atoms with Gasteiger partial charge >= 0.3 is 0 Å². The Balaban J connectivity index is 2.53. The van der Waals surface area contributed by atoms with Crippen LogP contribution in [0.15, 0.2) is 46.2 Å². The van der Waals surface area contributed by atoms with Crippen molar-refractivity contribution >= 4 is 23.9 Å². The summed E-state index contributed by atoms with van der Waals surface area (Å²) in [6.07, 6.45) is 10.3. The van der Waals surface area contributed by atoms with Crippen LogP contribution in [0.2, 0.25) is 0 Å². The Morgan fingerprint density at radius 1 is 0.760 bits per heavy atom. The molecule has 0 saturated carbocycles. The van der Waals surface area contributed by atoms with Gasteiger partial charge < -0.3 is 10.2 Å². The van der Waals surface area contributed by atoms with Crippen molar-refractivity contribution in [3.8, 4) is 11.5 Å². The van der Waals surface area contributed by atoms with Gasteiger partial charge in [0, 0.05) is 9.79 Å². The summed E-state index contributed by atoms with van der Waals surface area (Å²) in [6, 6.07) is 7.40. The highest BCUT2D eigenvalue weighted by molar-refractivity contribution is 7.99. The number of hydrogen-bond acceptors (Lipinski definition) is 3. The third-order valence-electron chi connectivity index (χ3n) is 4.15. The summed E-state index contributed by atoms with van der Waals surface area (Å²) in [7, 11) is 0. The lowest BCUT2D eigenvalue weighted by Crippen LogP contribution is -1.90. The van der Waals surface area contributed by atoms with Crippen LogP contribution >= 0.6 is 11.8 Å². The Kier molecular flexibility index (Phi) is 6.77. The summed E-state index contributed by atoms with van der Waals surface area (Å²) in [6.45, 7) is 8.07. The molecule has 0 spiro atoms. The Morgan fingerprint density at radius 3 is 1.52 bits per heavy atom. The second-order valence-corrected chi connectivity index (χ2v) is 7.05. The second-order valence-electron chi connectivity index (χ2n) is 5.97. The first-order valence-electron chi connectivity index (χ1n) is 8.65. The molecule has 2 rings (SSSR count). The maximum Gasteiger partial charge on any atom is 0.119 e. The van der Waals surface area contributed by atoms with E-state index in [9.17, 15) is 10.2 Å². The zero-order chi connectivity index (χ0) is 18.4. The Hall–Kier alpha value is -2.13. The molecule has 0 aliphatic carbocycles. The Bertz CT molecular complexity index is 737. The zero-order valence-electron chi connectivity index (χ0n) is 15.3. The fraction of sp³-hybridized carbons (Fsp3) is 0.273. The van der Waals surface area contributed by atoms with Gasteiger partial charge in [0.25, 0.3) is 0 Å². The van der Waals surface area contributed by atoms with E-state index in [1.165, 1.54) is 0 Å². The van der Waals surface area contributed by atoms with Crippen LogP contribution in [0.25, 0.3) is 12.2 Å². The van der Waals surface area contributed by atoms with Crippen molar-refractivity contribution in [2.24, 2.45) is 0 Å². The van der Waals surface area contributed by atoms with Gasteiger partial charge in [-0.15, -0.1) is 0 Å². The average Bonchev–Trinajstić information content (AvgIpc) is 2.60. The molecule has 0 heterocycles. The molecule has 0 amide bonds. The molecule has 0 fully saturated rings. The standard InChI is InChI=1S/C22H26O2S/c1-5-7-9-17-15(3)19(23)11-13-21(17)25-22-14-12-20(24)16(4)18(22)10-8-6-2/h7-14,23-24H,5-6H2,1-4H3. The van der Waals surface area contributed by atoms with E-state index in [2.05, 4.69) is 38.2 Å². The Labute approximate surface area is 154 Å². The van der Waals surface area contributed by atoms with Gasteiger partial charge in [0.05, 0.1) is 0 Å². The van der Waals surface area contributed by atoms with Crippen LogP contribution in [0.4, 0.5) is 0 Å². The number of phenolic OH excluding ortho intramolecular Hbond substituents is 2. The molecule has 25 heavy (non-hydrogen) atoms. The molecular weight excluding hydrogens is 328 g/mol. The SMILES string of the molecule is CCC=Cc1c(Sc2ccc(O)c(C)c2C=CCC)ccc(O)c1C. The summed E-state index contributed by atoms with van der Waals surface area (Å²) in [5, 5.41) is 20.1. The maximum absolute atomic E-state index is 10.1. The van der Waals surface area contributed by atoms with Crippen LogP contribution in [0.5, 0.6) is 11.5 Å². The van der Waals surface area contributed by atoms with Crippen molar-refractivity contribution in [1.82, 2.24) is 0 Å². The number of hydrogen-bond donors (Lipinski definition) is 2. The first kappa shape index (κ1) is 19.2. The van der Waals surface area contributed by atoms with E-state index in [0.29, 0.717) is 11.5 Å². The number of benzene rings is 2. The minimum absolute atomic E-state index is 0.313. The van der Waals surface area contributed by atoms with Gasteiger partial charge in [-0.25, -0.2) is 0 Å². The highest BCUT2D eigenvalue weighted by Gasteiger charge is 2.13. The van der Waals surface area contributed by atoms with E-state index in [4.69, 9.17) is 0 Å². The van der Waals surface area contributed by atoms with Gasteiger partial charge in [-0.1, -0.05) is 49.9 Å². The topological polar surface area (TPSA) is 40.5 Å². The van der Waals surface area contributed by atoms with Crippen molar-refractivity contribution in [1.29, 1.82) is 0 Å². The molecule has 2 aromatic rings. The normalized spacial score (nSPS) is 11.7. The van der Waals surface area contributed by atoms with Crippen LogP contribution in [0, 0.1) is 13.8 Å². The third kappa shape index (κ3) is 4.49. The van der Waals surface area contributed by atoms with Crippen LogP contribution in [-0.2, 0) is 0 Å². The number of rotatable bonds is 6. The fourth-order valence-corrected chi connectivity index (χ4v) is 3.74. The first-order valence-corrected chi connectivity index (χ1v) is 9.47. The minimum atomic E-state index is 0.313. The van der Waals surface area contributed by atoms with Crippen LogP contribution < -0.4 is 0 Å². The molecule has 0 aliphatic rings.